The molecule has 0 saturated heterocycles. The zero-order valence-electron chi connectivity index (χ0n) is 11.6. The van der Waals surface area contributed by atoms with Crippen molar-refractivity contribution in [1.82, 2.24) is 4.98 Å². The number of carbonyl (C=O) groups excluding carboxylic acids is 1. The summed E-state index contributed by atoms with van der Waals surface area (Å²) >= 11 is 0. The molecule has 0 aliphatic heterocycles. The number of hydrogen-bond donors (Lipinski definition) is 2. The van der Waals surface area contributed by atoms with Crippen molar-refractivity contribution >= 4 is 17.3 Å². The van der Waals surface area contributed by atoms with E-state index in [2.05, 4.69) is 10.1 Å². The number of aromatic nitrogens is 1. The summed E-state index contributed by atoms with van der Waals surface area (Å²) in [6.07, 6.45) is -4.01. The summed E-state index contributed by atoms with van der Waals surface area (Å²) in [6, 6.07) is 4.94. The molecule has 0 atom stereocenters. The molecular weight excluding hydrogens is 335 g/mol. The molecule has 8 nitrogen and oxygen atoms in total. The predicted octanol–water partition coefficient (Wildman–Crippen LogP) is 2.43. The van der Waals surface area contributed by atoms with Crippen LogP contribution in [0.25, 0.3) is 0 Å². The molecule has 2 rings (SSSR count). The fourth-order valence-corrected chi connectivity index (χ4v) is 1.68. The average molecular weight is 343 g/mol. The number of nitrogens with one attached hydrogen (secondary N) is 2. The molecule has 0 radical (unpaired) electrons. The average Bonchev–Trinajstić information content (AvgIpc) is 2.48. The van der Waals surface area contributed by atoms with Crippen LogP contribution in [0.5, 0.6) is 5.75 Å². The lowest BCUT2D eigenvalue weighted by Crippen LogP contribution is -2.23. The second kappa shape index (κ2) is 6.40. The smallest absolute Gasteiger partial charge is 0.406 e. The number of rotatable bonds is 4. The van der Waals surface area contributed by atoms with Crippen LogP contribution in [-0.2, 0) is 0 Å². The number of hydrogen-bond acceptors (Lipinski definition) is 5. The van der Waals surface area contributed by atoms with Gasteiger partial charge in [-0.2, -0.15) is 0 Å². The standard InChI is InChI=1S/C13H8F3N3O5/c14-13(15,16)24-9-3-1-7(2-4-9)18-12(21)10-5-8(19(22)23)6-17-11(10)20/h1-6H,(H,17,20)(H,18,21). The van der Waals surface area contributed by atoms with Gasteiger partial charge in [-0.05, 0) is 24.3 Å². The molecule has 1 aromatic heterocycles. The summed E-state index contributed by atoms with van der Waals surface area (Å²) in [5, 5.41) is 12.9. The van der Waals surface area contributed by atoms with E-state index in [1.807, 2.05) is 4.98 Å². The summed E-state index contributed by atoms with van der Waals surface area (Å²) < 4.78 is 39.8. The van der Waals surface area contributed by atoms with Crippen LogP contribution in [-0.4, -0.2) is 22.2 Å². The molecule has 11 heteroatoms. The highest BCUT2D eigenvalue weighted by Gasteiger charge is 2.31. The first-order chi connectivity index (χ1) is 11.2. The quantitative estimate of drug-likeness (QED) is 0.654. The Morgan fingerprint density at radius 2 is 1.88 bits per heavy atom. The van der Waals surface area contributed by atoms with E-state index in [9.17, 15) is 32.9 Å². The lowest BCUT2D eigenvalue weighted by molar-refractivity contribution is -0.385. The SMILES string of the molecule is O=C(Nc1ccc(OC(F)(F)F)cc1)c1cc([N+](=O)[O-])c[nH]c1=O. The topological polar surface area (TPSA) is 114 Å². The van der Waals surface area contributed by atoms with Crippen molar-refractivity contribution < 1.29 is 27.6 Å². The molecule has 1 amide bonds. The third-order valence-corrected chi connectivity index (χ3v) is 2.69. The number of amides is 1. The van der Waals surface area contributed by atoms with E-state index < -0.39 is 39.8 Å². The Morgan fingerprint density at radius 1 is 1.25 bits per heavy atom. The van der Waals surface area contributed by atoms with Gasteiger partial charge >= 0.3 is 6.36 Å². The highest BCUT2D eigenvalue weighted by atomic mass is 19.4. The Morgan fingerprint density at radius 3 is 2.42 bits per heavy atom. The Hall–Kier alpha value is -3.37. The molecule has 0 aliphatic rings. The minimum absolute atomic E-state index is 0.0698. The van der Waals surface area contributed by atoms with Crippen molar-refractivity contribution in [1.29, 1.82) is 0 Å². The predicted molar refractivity (Wildman–Crippen MR) is 74.8 cm³/mol. The van der Waals surface area contributed by atoms with Gasteiger partial charge in [0, 0.05) is 11.8 Å². The van der Waals surface area contributed by atoms with E-state index in [4.69, 9.17) is 0 Å². The van der Waals surface area contributed by atoms with Crippen LogP contribution in [0.2, 0.25) is 0 Å². The summed E-state index contributed by atoms with van der Waals surface area (Å²) in [4.78, 5) is 35.4. The lowest BCUT2D eigenvalue weighted by Gasteiger charge is -2.09. The van der Waals surface area contributed by atoms with Gasteiger partial charge in [0.1, 0.15) is 11.3 Å². The molecule has 0 saturated carbocycles. The van der Waals surface area contributed by atoms with Crippen molar-refractivity contribution in [2.75, 3.05) is 5.32 Å². The van der Waals surface area contributed by atoms with E-state index in [1.165, 1.54) is 0 Å². The number of alkyl halides is 3. The molecule has 0 fully saturated rings. The highest BCUT2D eigenvalue weighted by molar-refractivity contribution is 6.04. The van der Waals surface area contributed by atoms with Gasteiger partial charge in [-0.3, -0.25) is 19.7 Å². The molecule has 2 aromatic rings. The van der Waals surface area contributed by atoms with Gasteiger partial charge < -0.3 is 15.0 Å². The van der Waals surface area contributed by atoms with Crippen molar-refractivity contribution in [3.8, 4) is 5.75 Å². The van der Waals surface area contributed by atoms with Gasteiger partial charge in [0.2, 0.25) is 0 Å². The number of pyridine rings is 1. The van der Waals surface area contributed by atoms with Gasteiger partial charge in [-0.15, -0.1) is 13.2 Å². The number of halogens is 3. The number of nitrogens with zero attached hydrogens (tertiary/aromatic N) is 1. The fraction of sp³-hybridized carbons (Fsp3) is 0.0769. The number of aromatic amines is 1. The van der Waals surface area contributed by atoms with E-state index in [0.29, 0.717) is 0 Å². The molecule has 0 spiro atoms. The molecule has 0 unspecified atom stereocenters. The normalized spacial score (nSPS) is 11.0. The Labute approximate surface area is 131 Å². The summed E-state index contributed by atoms with van der Waals surface area (Å²) in [7, 11) is 0. The van der Waals surface area contributed by atoms with Gasteiger partial charge in [-0.25, -0.2) is 0 Å². The van der Waals surface area contributed by atoms with Crippen molar-refractivity contribution in [2.45, 2.75) is 6.36 Å². The zero-order valence-corrected chi connectivity index (χ0v) is 11.6. The summed E-state index contributed by atoms with van der Waals surface area (Å²) in [6.45, 7) is 0. The molecule has 1 aromatic carbocycles. The molecule has 126 valence electrons. The van der Waals surface area contributed by atoms with E-state index >= 15 is 0 Å². The van der Waals surface area contributed by atoms with E-state index in [0.717, 1.165) is 36.5 Å². The largest absolute Gasteiger partial charge is 0.573 e. The lowest BCUT2D eigenvalue weighted by atomic mass is 10.2. The number of carbonyl (C=O) groups is 1. The van der Waals surface area contributed by atoms with Crippen LogP contribution in [0.3, 0.4) is 0 Å². The highest BCUT2D eigenvalue weighted by Crippen LogP contribution is 2.24. The monoisotopic (exact) mass is 343 g/mol. The van der Waals surface area contributed by atoms with Gasteiger partial charge in [0.25, 0.3) is 17.2 Å². The number of anilines is 1. The second-order valence-electron chi connectivity index (χ2n) is 4.38. The number of benzene rings is 1. The van der Waals surface area contributed by atoms with Crippen molar-refractivity contribution in [3.05, 3.63) is 62.6 Å². The first kappa shape index (κ1) is 17.0. The maximum atomic E-state index is 12.0. The minimum Gasteiger partial charge on any atom is -0.406 e. The van der Waals surface area contributed by atoms with Gasteiger partial charge in [0.05, 0.1) is 11.1 Å². The number of nitro groups is 1. The number of H-pyrrole nitrogens is 1. The molecule has 0 bridgehead atoms. The Balaban J connectivity index is 2.17. The molecule has 1 heterocycles. The first-order valence-corrected chi connectivity index (χ1v) is 6.20. The van der Waals surface area contributed by atoms with E-state index in [1.54, 1.807) is 0 Å². The van der Waals surface area contributed by atoms with Crippen LogP contribution in [0, 0.1) is 10.1 Å². The molecule has 24 heavy (non-hydrogen) atoms. The summed E-state index contributed by atoms with van der Waals surface area (Å²) in [5.74, 6) is -1.45. The molecule has 2 N–H and O–H groups in total. The zero-order chi connectivity index (χ0) is 17.9. The summed E-state index contributed by atoms with van der Waals surface area (Å²) in [5.41, 5.74) is -1.79. The van der Waals surface area contributed by atoms with E-state index in [-0.39, 0.29) is 5.69 Å². The van der Waals surface area contributed by atoms with Crippen LogP contribution in [0.4, 0.5) is 24.5 Å². The molecule has 0 aliphatic carbocycles. The van der Waals surface area contributed by atoms with Crippen LogP contribution in [0.1, 0.15) is 10.4 Å². The molecular formula is C13H8F3N3O5. The van der Waals surface area contributed by atoms with Crippen LogP contribution < -0.4 is 15.6 Å². The first-order valence-electron chi connectivity index (χ1n) is 6.20. The Kier molecular flexibility index (Phi) is 4.53. The van der Waals surface area contributed by atoms with Crippen LogP contribution in [0.15, 0.2) is 41.3 Å². The maximum absolute atomic E-state index is 12.0. The maximum Gasteiger partial charge on any atom is 0.573 e. The second-order valence-corrected chi connectivity index (χ2v) is 4.38. The third-order valence-electron chi connectivity index (χ3n) is 2.69. The fourth-order valence-electron chi connectivity index (χ4n) is 1.68. The third kappa shape index (κ3) is 4.32. The van der Waals surface area contributed by atoms with Gasteiger partial charge in [0.15, 0.2) is 0 Å². The minimum atomic E-state index is -4.85. The van der Waals surface area contributed by atoms with Crippen molar-refractivity contribution in [3.63, 3.8) is 0 Å². The van der Waals surface area contributed by atoms with Gasteiger partial charge in [-0.1, -0.05) is 0 Å². The van der Waals surface area contributed by atoms with Crippen LogP contribution >= 0.6 is 0 Å². The number of ether oxygens (including phenoxy) is 1. The van der Waals surface area contributed by atoms with Crippen molar-refractivity contribution in [2.24, 2.45) is 0 Å². The Bertz CT molecular complexity index is 830.